The maximum absolute atomic E-state index is 14.6. The lowest BCUT2D eigenvalue weighted by atomic mass is 9.76. The third-order valence-electron chi connectivity index (χ3n) is 8.22. The van der Waals surface area contributed by atoms with Gasteiger partial charge in [-0.25, -0.2) is 0 Å². The number of rotatable bonds is 8. The highest BCUT2D eigenvalue weighted by Gasteiger charge is 2.57. The van der Waals surface area contributed by atoms with Gasteiger partial charge in [-0.3, -0.25) is 14.4 Å². The molecule has 2 fully saturated rings. The fraction of sp³-hybridized carbons (Fsp3) is 0.382. The molecule has 0 radical (unpaired) electrons. The van der Waals surface area contributed by atoms with Gasteiger partial charge < -0.3 is 19.9 Å². The minimum absolute atomic E-state index is 0.0711. The Balaban J connectivity index is 1.74. The second-order valence-electron chi connectivity index (χ2n) is 11.3. The van der Waals surface area contributed by atoms with Crippen LogP contribution < -0.4 is 10.1 Å². The number of ether oxygens (including phenoxy) is 1. The van der Waals surface area contributed by atoms with Crippen LogP contribution in [0.1, 0.15) is 53.7 Å². The Labute approximate surface area is 242 Å². The van der Waals surface area contributed by atoms with Gasteiger partial charge in [-0.1, -0.05) is 86.6 Å². The molecule has 3 aromatic rings. The Kier molecular flexibility index (Phi) is 8.84. The molecule has 4 atom stereocenters. The van der Waals surface area contributed by atoms with E-state index in [1.165, 1.54) is 0 Å². The second kappa shape index (κ2) is 12.7. The Morgan fingerprint density at radius 1 is 0.854 bits per heavy atom. The lowest BCUT2D eigenvalue weighted by Crippen LogP contribution is -2.55. The minimum Gasteiger partial charge on any atom is -0.497 e. The number of carbonyl (C=O) groups excluding carboxylic acids is 3. The molecule has 4 unspecified atom stereocenters. The Bertz CT molecular complexity index is 1340. The van der Waals surface area contributed by atoms with E-state index in [4.69, 9.17) is 4.74 Å². The van der Waals surface area contributed by atoms with Crippen molar-refractivity contribution in [3.05, 3.63) is 102 Å². The number of benzene rings is 3. The van der Waals surface area contributed by atoms with Crippen LogP contribution in [-0.4, -0.2) is 66.7 Å². The molecule has 0 aromatic heterocycles. The van der Waals surface area contributed by atoms with Gasteiger partial charge in [0.15, 0.2) is 5.78 Å². The van der Waals surface area contributed by atoms with Crippen molar-refractivity contribution < 1.29 is 19.1 Å². The standard InChI is InChI=1S/C34H39N3O4/c1-23(2)22-28(38)37-31(25-14-16-27(41-3)17-15-25)30(33(39)26-12-8-5-9-13-26)29(24-10-6-4-7-11-24)32(37)34(40)36-20-18-35-19-21-36/h4-17,23,29-32,35H,18-22H2,1-3H3. The molecule has 2 aliphatic rings. The van der Waals surface area contributed by atoms with Gasteiger partial charge in [0.05, 0.1) is 19.1 Å². The third-order valence-corrected chi connectivity index (χ3v) is 8.22. The number of nitrogens with zero attached hydrogens (tertiary/aromatic N) is 2. The van der Waals surface area contributed by atoms with Crippen LogP contribution in [-0.2, 0) is 9.59 Å². The summed E-state index contributed by atoms with van der Waals surface area (Å²) in [5.41, 5.74) is 2.27. The molecule has 7 nitrogen and oxygen atoms in total. The van der Waals surface area contributed by atoms with E-state index in [0.29, 0.717) is 37.5 Å². The number of piperazine rings is 1. The predicted octanol–water partition coefficient (Wildman–Crippen LogP) is 4.71. The van der Waals surface area contributed by atoms with E-state index in [1.807, 2.05) is 104 Å². The first-order chi connectivity index (χ1) is 19.9. The number of hydrogen-bond acceptors (Lipinski definition) is 5. The largest absolute Gasteiger partial charge is 0.497 e. The smallest absolute Gasteiger partial charge is 0.246 e. The molecule has 0 saturated carbocycles. The van der Waals surface area contributed by atoms with Gasteiger partial charge in [0.1, 0.15) is 11.8 Å². The van der Waals surface area contributed by atoms with Crippen LogP contribution in [0.3, 0.4) is 0 Å². The summed E-state index contributed by atoms with van der Waals surface area (Å²) in [5.74, 6) is -0.689. The van der Waals surface area contributed by atoms with Gasteiger partial charge in [-0.05, 0) is 29.2 Å². The zero-order valence-electron chi connectivity index (χ0n) is 24.0. The number of methoxy groups -OCH3 is 1. The maximum Gasteiger partial charge on any atom is 0.246 e. The SMILES string of the molecule is COc1ccc(C2C(C(=O)c3ccccc3)C(c3ccccc3)C(C(=O)N3CCNCC3)N2C(=O)CC(C)C)cc1. The number of Topliss-reactive ketones (excluding diaryl/α,β-unsaturated/α-hetero) is 1. The van der Waals surface area contributed by atoms with E-state index in [-0.39, 0.29) is 29.9 Å². The van der Waals surface area contributed by atoms with Gasteiger partial charge in [-0.15, -0.1) is 0 Å². The average molecular weight is 554 g/mol. The van der Waals surface area contributed by atoms with E-state index < -0.39 is 23.9 Å². The number of nitrogens with one attached hydrogen (secondary N) is 1. The Morgan fingerprint density at radius 2 is 1.46 bits per heavy atom. The van der Waals surface area contributed by atoms with Gasteiger partial charge in [-0.2, -0.15) is 0 Å². The van der Waals surface area contributed by atoms with E-state index in [9.17, 15) is 14.4 Å². The average Bonchev–Trinajstić information content (AvgIpc) is 3.37. The zero-order valence-corrected chi connectivity index (χ0v) is 24.0. The molecule has 0 aliphatic carbocycles. The molecule has 214 valence electrons. The van der Waals surface area contributed by atoms with Crippen molar-refractivity contribution in [2.24, 2.45) is 11.8 Å². The van der Waals surface area contributed by atoms with Gasteiger partial charge in [0.2, 0.25) is 11.8 Å². The number of likely N-dealkylation sites (tertiary alicyclic amines) is 1. The van der Waals surface area contributed by atoms with Crippen LogP contribution in [0.4, 0.5) is 0 Å². The van der Waals surface area contributed by atoms with Crippen molar-refractivity contribution in [3.8, 4) is 5.75 Å². The number of amides is 2. The molecule has 0 spiro atoms. The lowest BCUT2D eigenvalue weighted by molar-refractivity contribution is -0.146. The van der Waals surface area contributed by atoms with Gasteiger partial charge >= 0.3 is 0 Å². The summed E-state index contributed by atoms with van der Waals surface area (Å²) in [6, 6.07) is 25.1. The highest BCUT2D eigenvalue weighted by Crippen LogP contribution is 2.52. The summed E-state index contributed by atoms with van der Waals surface area (Å²) in [6.45, 7) is 6.53. The predicted molar refractivity (Wildman–Crippen MR) is 159 cm³/mol. The van der Waals surface area contributed by atoms with E-state index in [2.05, 4.69) is 5.32 Å². The van der Waals surface area contributed by atoms with Crippen LogP contribution in [0.5, 0.6) is 5.75 Å². The van der Waals surface area contributed by atoms with Crippen LogP contribution >= 0.6 is 0 Å². The fourth-order valence-electron chi connectivity index (χ4n) is 6.36. The first-order valence-corrected chi connectivity index (χ1v) is 14.5. The monoisotopic (exact) mass is 553 g/mol. The highest BCUT2D eigenvalue weighted by atomic mass is 16.5. The molecular formula is C34H39N3O4. The number of carbonyl (C=O) groups is 3. The summed E-state index contributed by atoms with van der Waals surface area (Å²) in [7, 11) is 1.61. The maximum atomic E-state index is 14.6. The van der Waals surface area contributed by atoms with E-state index >= 15 is 0 Å². The summed E-state index contributed by atoms with van der Waals surface area (Å²) in [6.07, 6.45) is 0.283. The molecule has 7 heteroatoms. The molecule has 2 heterocycles. The Hall–Kier alpha value is -3.97. The van der Waals surface area contributed by atoms with Crippen molar-refractivity contribution in [1.29, 1.82) is 0 Å². The first-order valence-electron chi connectivity index (χ1n) is 14.5. The van der Waals surface area contributed by atoms with Gasteiger partial charge in [0, 0.05) is 44.1 Å². The molecule has 41 heavy (non-hydrogen) atoms. The molecule has 0 bridgehead atoms. The Morgan fingerprint density at radius 3 is 2.05 bits per heavy atom. The van der Waals surface area contributed by atoms with Gasteiger partial charge in [0.25, 0.3) is 0 Å². The molecule has 1 N–H and O–H groups in total. The summed E-state index contributed by atoms with van der Waals surface area (Å²) < 4.78 is 5.42. The quantitative estimate of drug-likeness (QED) is 0.409. The molecule has 2 aliphatic heterocycles. The van der Waals surface area contributed by atoms with Crippen molar-refractivity contribution in [3.63, 3.8) is 0 Å². The van der Waals surface area contributed by atoms with E-state index in [1.54, 1.807) is 12.0 Å². The topological polar surface area (TPSA) is 79.0 Å². The molecule has 2 saturated heterocycles. The summed E-state index contributed by atoms with van der Waals surface area (Å²) >= 11 is 0. The van der Waals surface area contributed by atoms with Crippen LogP contribution in [0.2, 0.25) is 0 Å². The van der Waals surface area contributed by atoms with Crippen molar-refractivity contribution in [2.75, 3.05) is 33.3 Å². The zero-order chi connectivity index (χ0) is 28.9. The molecular weight excluding hydrogens is 514 g/mol. The number of ketones is 1. The molecule has 3 aromatic carbocycles. The normalized spacial score (nSPS) is 22.5. The van der Waals surface area contributed by atoms with Crippen molar-refractivity contribution in [1.82, 2.24) is 15.1 Å². The molecule has 5 rings (SSSR count). The van der Waals surface area contributed by atoms with Crippen LogP contribution in [0.25, 0.3) is 0 Å². The first kappa shape index (κ1) is 28.6. The second-order valence-corrected chi connectivity index (χ2v) is 11.3. The van der Waals surface area contributed by atoms with Crippen LogP contribution in [0, 0.1) is 11.8 Å². The number of hydrogen-bond donors (Lipinski definition) is 1. The molecule has 2 amide bonds. The van der Waals surface area contributed by atoms with Crippen molar-refractivity contribution in [2.45, 2.75) is 38.3 Å². The lowest BCUT2D eigenvalue weighted by Gasteiger charge is -2.36. The fourth-order valence-corrected chi connectivity index (χ4v) is 6.36. The summed E-state index contributed by atoms with van der Waals surface area (Å²) in [5, 5.41) is 3.32. The minimum atomic E-state index is -0.813. The summed E-state index contributed by atoms with van der Waals surface area (Å²) in [4.78, 5) is 47.0. The van der Waals surface area contributed by atoms with Crippen molar-refractivity contribution >= 4 is 17.6 Å². The van der Waals surface area contributed by atoms with Crippen LogP contribution in [0.15, 0.2) is 84.9 Å². The highest BCUT2D eigenvalue weighted by molar-refractivity contribution is 6.02. The van der Waals surface area contributed by atoms with E-state index in [0.717, 1.165) is 11.1 Å². The third kappa shape index (κ3) is 5.91.